The van der Waals surface area contributed by atoms with Gasteiger partial charge in [-0.1, -0.05) is 0 Å². The zero-order valence-electron chi connectivity index (χ0n) is 12.0. The molecule has 1 saturated heterocycles. The summed E-state index contributed by atoms with van der Waals surface area (Å²) in [5, 5.41) is 0. The molecule has 2 atom stereocenters. The third-order valence-corrected chi connectivity index (χ3v) is 3.87. The predicted octanol–water partition coefficient (Wildman–Crippen LogP) is 2.91. The molecule has 0 radical (unpaired) electrons. The van der Waals surface area contributed by atoms with Crippen LogP contribution in [0.2, 0.25) is 0 Å². The van der Waals surface area contributed by atoms with E-state index in [4.69, 9.17) is 19.9 Å². The maximum absolute atomic E-state index is 5.87. The van der Waals surface area contributed by atoms with Crippen LogP contribution in [-0.2, 0) is 11.2 Å². The Morgan fingerprint density at radius 1 is 1.50 bits per heavy atom. The quantitative estimate of drug-likeness (QED) is 0.862. The van der Waals surface area contributed by atoms with Gasteiger partial charge < -0.3 is 19.9 Å². The van der Waals surface area contributed by atoms with E-state index in [2.05, 4.69) is 15.9 Å². The molecule has 0 spiro atoms. The first-order valence-electron chi connectivity index (χ1n) is 6.96. The van der Waals surface area contributed by atoms with Crippen LogP contribution in [0.5, 0.6) is 11.5 Å². The molecule has 1 heterocycles. The van der Waals surface area contributed by atoms with E-state index in [0.29, 0.717) is 6.61 Å². The standard InChI is InChI=1S/C15H22BrNO3/c1-10(17)6-11-7-13(16)15(14(8-11)18-2)20-9-12-4-3-5-19-12/h7-8,10,12H,3-6,9,17H2,1-2H3. The topological polar surface area (TPSA) is 53.7 Å². The van der Waals surface area contributed by atoms with Gasteiger partial charge in [0.1, 0.15) is 6.61 Å². The summed E-state index contributed by atoms with van der Waals surface area (Å²) in [5.74, 6) is 1.46. The number of methoxy groups -OCH3 is 1. The Bertz CT molecular complexity index is 445. The summed E-state index contributed by atoms with van der Waals surface area (Å²) >= 11 is 3.55. The van der Waals surface area contributed by atoms with Gasteiger partial charge in [-0.15, -0.1) is 0 Å². The largest absolute Gasteiger partial charge is 0.493 e. The van der Waals surface area contributed by atoms with Crippen LogP contribution >= 0.6 is 15.9 Å². The lowest BCUT2D eigenvalue weighted by Gasteiger charge is -2.17. The van der Waals surface area contributed by atoms with Crippen LogP contribution in [-0.4, -0.2) is 32.5 Å². The number of nitrogens with two attached hydrogens (primary N) is 1. The number of rotatable bonds is 6. The molecule has 112 valence electrons. The number of halogens is 1. The van der Waals surface area contributed by atoms with Crippen LogP contribution < -0.4 is 15.2 Å². The lowest BCUT2D eigenvalue weighted by molar-refractivity contribution is 0.0667. The highest BCUT2D eigenvalue weighted by molar-refractivity contribution is 9.10. The average molecular weight is 344 g/mol. The van der Waals surface area contributed by atoms with Crippen molar-refractivity contribution in [3.05, 3.63) is 22.2 Å². The summed E-state index contributed by atoms with van der Waals surface area (Å²) < 4.78 is 17.8. The Kier molecular flexibility index (Phi) is 5.69. The molecule has 1 aromatic rings. The molecule has 0 bridgehead atoms. The highest BCUT2D eigenvalue weighted by atomic mass is 79.9. The second-order valence-electron chi connectivity index (χ2n) is 5.24. The van der Waals surface area contributed by atoms with Crippen LogP contribution in [0.25, 0.3) is 0 Å². The average Bonchev–Trinajstić information content (AvgIpc) is 2.89. The van der Waals surface area contributed by atoms with E-state index in [-0.39, 0.29) is 12.1 Å². The molecule has 0 aromatic heterocycles. The Hall–Kier alpha value is -0.780. The fraction of sp³-hybridized carbons (Fsp3) is 0.600. The van der Waals surface area contributed by atoms with Gasteiger partial charge in [-0.05, 0) is 59.8 Å². The van der Waals surface area contributed by atoms with Crippen molar-refractivity contribution in [2.45, 2.75) is 38.3 Å². The van der Waals surface area contributed by atoms with Crippen molar-refractivity contribution < 1.29 is 14.2 Å². The van der Waals surface area contributed by atoms with Crippen molar-refractivity contribution in [2.75, 3.05) is 20.3 Å². The Morgan fingerprint density at radius 3 is 2.90 bits per heavy atom. The minimum atomic E-state index is 0.116. The van der Waals surface area contributed by atoms with Gasteiger partial charge in [0.05, 0.1) is 17.7 Å². The van der Waals surface area contributed by atoms with Gasteiger partial charge in [0.2, 0.25) is 0 Å². The molecule has 0 saturated carbocycles. The summed E-state index contributed by atoms with van der Waals surface area (Å²) in [6.45, 7) is 3.38. The molecule has 2 rings (SSSR count). The molecule has 1 aliphatic heterocycles. The molecule has 1 fully saturated rings. The summed E-state index contributed by atoms with van der Waals surface area (Å²) in [5.41, 5.74) is 6.97. The van der Waals surface area contributed by atoms with Crippen molar-refractivity contribution in [2.24, 2.45) is 5.73 Å². The lowest BCUT2D eigenvalue weighted by Crippen LogP contribution is -2.18. The van der Waals surface area contributed by atoms with Gasteiger partial charge in [0.25, 0.3) is 0 Å². The molecule has 0 aliphatic carbocycles. The molecule has 1 aromatic carbocycles. The van der Waals surface area contributed by atoms with E-state index in [1.54, 1.807) is 7.11 Å². The van der Waals surface area contributed by atoms with Crippen molar-refractivity contribution in [1.29, 1.82) is 0 Å². The summed E-state index contributed by atoms with van der Waals surface area (Å²) in [4.78, 5) is 0. The first-order valence-corrected chi connectivity index (χ1v) is 7.76. The van der Waals surface area contributed by atoms with Gasteiger partial charge in [0, 0.05) is 12.6 Å². The van der Waals surface area contributed by atoms with Gasteiger partial charge in [0.15, 0.2) is 11.5 Å². The maximum atomic E-state index is 5.87. The van der Waals surface area contributed by atoms with Gasteiger partial charge >= 0.3 is 0 Å². The first-order chi connectivity index (χ1) is 9.60. The Morgan fingerprint density at radius 2 is 2.30 bits per heavy atom. The minimum Gasteiger partial charge on any atom is -0.493 e. The van der Waals surface area contributed by atoms with Crippen molar-refractivity contribution >= 4 is 15.9 Å². The first kappa shape index (κ1) is 15.6. The fourth-order valence-corrected chi connectivity index (χ4v) is 2.96. The highest BCUT2D eigenvalue weighted by Gasteiger charge is 2.19. The van der Waals surface area contributed by atoms with Crippen LogP contribution in [0, 0.1) is 0 Å². The second kappa shape index (κ2) is 7.29. The molecule has 4 nitrogen and oxygen atoms in total. The van der Waals surface area contributed by atoms with E-state index >= 15 is 0 Å². The van der Waals surface area contributed by atoms with E-state index in [1.165, 1.54) is 0 Å². The smallest absolute Gasteiger partial charge is 0.175 e. The van der Waals surface area contributed by atoms with Crippen molar-refractivity contribution in [3.8, 4) is 11.5 Å². The lowest BCUT2D eigenvalue weighted by atomic mass is 10.1. The Balaban J connectivity index is 2.10. The zero-order valence-corrected chi connectivity index (χ0v) is 13.6. The molecule has 2 N–H and O–H groups in total. The van der Waals surface area contributed by atoms with Gasteiger partial charge in [-0.3, -0.25) is 0 Å². The summed E-state index contributed by atoms with van der Waals surface area (Å²) in [6.07, 6.45) is 3.17. The maximum Gasteiger partial charge on any atom is 0.175 e. The highest BCUT2D eigenvalue weighted by Crippen LogP contribution is 2.37. The van der Waals surface area contributed by atoms with Crippen molar-refractivity contribution in [1.82, 2.24) is 0 Å². The number of hydrogen-bond donors (Lipinski definition) is 1. The van der Waals surface area contributed by atoms with Crippen LogP contribution in [0.1, 0.15) is 25.3 Å². The monoisotopic (exact) mass is 343 g/mol. The third-order valence-electron chi connectivity index (χ3n) is 3.28. The molecule has 1 aliphatic rings. The molecule has 5 heteroatoms. The third kappa shape index (κ3) is 4.11. The molecular formula is C15H22BrNO3. The molecule has 0 amide bonds. The van der Waals surface area contributed by atoms with E-state index in [0.717, 1.165) is 47.4 Å². The SMILES string of the molecule is COc1cc(CC(C)N)cc(Br)c1OCC1CCCO1. The van der Waals surface area contributed by atoms with Crippen molar-refractivity contribution in [3.63, 3.8) is 0 Å². The second-order valence-corrected chi connectivity index (χ2v) is 6.09. The molecule has 20 heavy (non-hydrogen) atoms. The predicted molar refractivity (Wildman–Crippen MR) is 82.5 cm³/mol. The molecular weight excluding hydrogens is 322 g/mol. The van der Waals surface area contributed by atoms with E-state index in [9.17, 15) is 0 Å². The minimum absolute atomic E-state index is 0.116. The normalized spacial score (nSPS) is 19.9. The number of ether oxygens (including phenoxy) is 3. The van der Waals surface area contributed by atoms with Gasteiger partial charge in [-0.2, -0.15) is 0 Å². The van der Waals surface area contributed by atoms with Crippen LogP contribution in [0.4, 0.5) is 0 Å². The fourth-order valence-electron chi connectivity index (χ4n) is 2.36. The number of benzene rings is 1. The summed E-state index contributed by atoms with van der Waals surface area (Å²) in [6, 6.07) is 4.14. The Labute approximate surface area is 128 Å². The van der Waals surface area contributed by atoms with Crippen LogP contribution in [0.3, 0.4) is 0 Å². The molecule has 2 unspecified atom stereocenters. The van der Waals surface area contributed by atoms with E-state index < -0.39 is 0 Å². The summed E-state index contributed by atoms with van der Waals surface area (Å²) in [7, 11) is 1.65. The number of hydrogen-bond acceptors (Lipinski definition) is 4. The van der Waals surface area contributed by atoms with Gasteiger partial charge in [-0.25, -0.2) is 0 Å². The van der Waals surface area contributed by atoms with E-state index in [1.807, 2.05) is 19.1 Å². The zero-order chi connectivity index (χ0) is 14.5. The van der Waals surface area contributed by atoms with Crippen LogP contribution in [0.15, 0.2) is 16.6 Å².